The maximum atomic E-state index is 10.5. The molecule has 29 heavy (non-hydrogen) atoms. The van der Waals surface area contributed by atoms with Crippen LogP contribution < -0.4 is 10.1 Å². The maximum Gasteiger partial charge on any atom is 0.120 e. The molecule has 1 spiro atoms. The van der Waals surface area contributed by atoms with Crippen molar-refractivity contribution in [3.8, 4) is 11.5 Å². The van der Waals surface area contributed by atoms with Crippen molar-refractivity contribution in [2.75, 3.05) is 26.7 Å². The molecule has 0 radical (unpaired) electrons. The summed E-state index contributed by atoms with van der Waals surface area (Å²) in [5.41, 5.74) is 2.66. The van der Waals surface area contributed by atoms with Gasteiger partial charge in [0.1, 0.15) is 17.2 Å². The Morgan fingerprint density at radius 2 is 1.93 bits per heavy atom. The van der Waals surface area contributed by atoms with E-state index in [-0.39, 0.29) is 17.5 Å². The summed E-state index contributed by atoms with van der Waals surface area (Å²) < 4.78 is 5.58. The minimum atomic E-state index is -0.321. The Kier molecular flexibility index (Phi) is 5.81. The van der Waals surface area contributed by atoms with Gasteiger partial charge in [0.15, 0.2) is 0 Å². The zero-order valence-corrected chi connectivity index (χ0v) is 17.7. The summed E-state index contributed by atoms with van der Waals surface area (Å²) in [6.07, 6.45) is 2.56. The minimum absolute atomic E-state index is 0.0452. The van der Waals surface area contributed by atoms with E-state index >= 15 is 0 Å². The monoisotopic (exact) mass is 413 g/mol. The number of aliphatic imine (C=N–C) groups is 1. The largest absolute Gasteiger partial charge is 0.508 e. The van der Waals surface area contributed by atoms with Gasteiger partial charge < -0.3 is 14.7 Å². The van der Waals surface area contributed by atoms with E-state index in [2.05, 4.69) is 29.4 Å². The highest BCUT2D eigenvalue weighted by molar-refractivity contribution is 6.30. The molecule has 1 unspecified atom stereocenters. The summed E-state index contributed by atoms with van der Waals surface area (Å²) in [5.74, 6) is 1.13. The highest BCUT2D eigenvalue weighted by atomic mass is 35.5. The first-order chi connectivity index (χ1) is 14.0. The molecule has 2 N–H and O–H groups in total. The van der Waals surface area contributed by atoms with E-state index in [4.69, 9.17) is 21.3 Å². The molecule has 1 atom stereocenters. The molecule has 2 aliphatic rings. The van der Waals surface area contributed by atoms with Crippen molar-refractivity contribution < 1.29 is 9.84 Å². The van der Waals surface area contributed by atoms with Crippen LogP contribution in [0.15, 0.2) is 47.5 Å². The van der Waals surface area contributed by atoms with Crippen LogP contribution in [0.5, 0.6) is 11.5 Å². The lowest BCUT2D eigenvalue weighted by molar-refractivity contribution is 0.144. The van der Waals surface area contributed by atoms with Gasteiger partial charge in [-0.15, -0.1) is 0 Å². The van der Waals surface area contributed by atoms with E-state index < -0.39 is 0 Å². The molecule has 0 aliphatic carbocycles. The lowest BCUT2D eigenvalue weighted by atomic mass is 9.87. The molecule has 1 fully saturated rings. The number of aromatic hydroxyl groups is 1. The molecule has 6 heteroatoms. The first-order valence-corrected chi connectivity index (χ1v) is 10.6. The van der Waals surface area contributed by atoms with Crippen LogP contribution in [-0.2, 0) is 0 Å². The number of phenolic OH excluding ortho intramolecular Hbond substituents is 1. The van der Waals surface area contributed by atoms with E-state index in [0.29, 0.717) is 18.1 Å². The normalized spacial score (nSPS) is 21.8. The zero-order valence-electron chi connectivity index (χ0n) is 17.0. The molecule has 1 saturated heterocycles. The fourth-order valence-electron chi connectivity index (χ4n) is 4.23. The second kappa shape index (κ2) is 8.34. The van der Waals surface area contributed by atoms with E-state index in [9.17, 15) is 5.11 Å². The predicted octanol–water partition coefficient (Wildman–Crippen LogP) is 4.39. The summed E-state index contributed by atoms with van der Waals surface area (Å²) in [7, 11) is 2.15. The van der Waals surface area contributed by atoms with Crippen molar-refractivity contribution in [3.05, 3.63) is 58.6 Å². The number of hydrogen-bond acceptors (Lipinski definition) is 5. The smallest absolute Gasteiger partial charge is 0.120 e. The number of likely N-dealkylation sites (tertiary alicyclic amines) is 1. The third-order valence-corrected chi connectivity index (χ3v) is 6.10. The van der Waals surface area contributed by atoms with E-state index in [0.717, 1.165) is 48.5 Å². The van der Waals surface area contributed by atoms with Crippen LogP contribution in [0, 0.1) is 0 Å². The topological polar surface area (TPSA) is 57.1 Å². The fraction of sp³-hybridized carbons (Fsp3) is 0.435. The molecule has 4 rings (SSSR count). The van der Waals surface area contributed by atoms with E-state index in [1.54, 1.807) is 12.1 Å². The van der Waals surface area contributed by atoms with Crippen LogP contribution in [0.3, 0.4) is 0 Å². The molecule has 2 aliphatic heterocycles. The van der Waals surface area contributed by atoms with Crippen molar-refractivity contribution in [2.45, 2.75) is 37.9 Å². The van der Waals surface area contributed by atoms with Gasteiger partial charge in [0, 0.05) is 41.8 Å². The zero-order chi connectivity index (χ0) is 20.4. The Balaban J connectivity index is 1.70. The van der Waals surface area contributed by atoms with Gasteiger partial charge in [-0.25, -0.2) is 0 Å². The summed E-state index contributed by atoms with van der Waals surface area (Å²) in [6, 6.07) is 13.3. The number of benzene rings is 2. The van der Waals surface area contributed by atoms with Crippen molar-refractivity contribution in [1.82, 2.24) is 10.2 Å². The molecule has 154 valence electrons. The van der Waals surface area contributed by atoms with Gasteiger partial charge in [0.05, 0.1) is 6.61 Å². The number of nitrogens with zero attached hydrogens (tertiary/aromatic N) is 2. The second-order valence-corrected chi connectivity index (χ2v) is 8.39. The Hall–Kier alpha value is -2.08. The highest BCUT2D eigenvalue weighted by Gasteiger charge is 2.40. The Bertz CT molecular complexity index is 889. The molecular formula is C23H28ClN3O2. The number of piperidine rings is 1. The summed E-state index contributed by atoms with van der Waals surface area (Å²) in [5, 5.41) is 14.9. The van der Waals surface area contributed by atoms with Crippen LogP contribution in [0.1, 0.15) is 43.4 Å². The molecule has 0 aromatic heterocycles. The van der Waals surface area contributed by atoms with Crippen LogP contribution in [0.4, 0.5) is 0 Å². The third-order valence-electron chi connectivity index (χ3n) is 5.87. The summed E-state index contributed by atoms with van der Waals surface area (Å²) in [6.45, 7) is 4.61. The fourth-order valence-corrected chi connectivity index (χ4v) is 4.41. The van der Waals surface area contributed by atoms with Gasteiger partial charge in [-0.2, -0.15) is 0 Å². The van der Waals surface area contributed by atoms with E-state index in [1.807, 2.05) is 25.1 Å². The average Bonchev–Trinajstić information content (AvgIpc) is 2.73. The third kappa shape index (κ3) is 4.42. The number of halogens is 1. The standard InChI is InChI=1S/C23H28ClN3O2/c1-3-29-18-7-4-16(5-8-18)20-15-21(19-14-17(24)6-9-22(19)28)26-23(25-20)10-12-27(2)13-11-23/h4-9,14,21,26,28H,3,10-13,15H2,1-2H3. The van der Waals surface area contributed by atoms with E-state index in [1.165, 1.54) is 0 Å². The number of rotatable bonds is 4. The van der Waals surface area contributed by atoms with Crippen molar-refractivity contribution in [3.63, 3.8) is 0 Å². The molecule has 0 amide bonds. The quantitative estimate of drug-likeness (QED) is 0.780. The van der Waals surface area contributed by atoms with Crippen LogP contribution in [0.2, 0.25) is 5.02 Å². The van der Waals surface area contributed by atoms with Crippen molar-refractivity contribution >= 4 is 17.3 Å². The number of nitrogens with one attached hydrogen (secondary N) is 1. The number of hydrogen-bond donors (Lipinski definition) is 2. The molecule has 2 aromatic rings. The van der Waals surface area contributed by atoms with Gasteiger partial charge >= 0.3 is 0 Å². The Morgan fingerprint density at radius 3 is 2.62 bits per heavy atom. The number of phenols is 1. The summed E-state index contributed by atoms with van der Waals surface area (Å²) >= 11 is 6.24. The summed E-state index contributed by atoms with van der Waals surface area (Å²) in [4.78, 5) is 7.54. The van der Waals surface area contributed by atoms with Crippen LogP contribution in [0.25, 0.3) is 0 Å². The second-order valence-electron chi connectivity index (χ2n) is 7.95. The molecule has 0 bridgehead atoms. The lowest BCUT2D eigenvalue weighted by Gasteiger charge is -2.44. The van der Waals surface area contributed by atoms with Crippen molar-refractivity contribution in [2.24, 2.45) is 4.99 Å². The average molecular weight is 414 g/mol. The Morgan fingerprint density at radius 1 is 1.21 bits per heavy atom. The lowest BCUT2D eigenvalue weighted by Crippen LogP contribution is -2.55. The molecular weight excluding hydrogens is 386 g/mol. The Labute approximate surface area is 177 Å². The predicted molar refractivity (Wildman–Crippen MR) is 117 cm³/mol. The maximum absolute atomic E-state index is 10.5. The van der Waals surface area contributed by atoms with Gasteiger partial charge in [-0.1, -0.05) is 11.6 Å². The SMILES string of the molecule is CCOc1ccc(C2=NC3(CCN(C)CC3)NC(c3cc(Cl)ccc3O)C2)cc1. The molecule has 2 heterocycles. The van der Waals surface area contributed by atoms with Gasteiger partial charge in [-0.3, -0.25) is 10.3 Å². The van der Waals surface area contributed by atoms with Crippen LogP contribution in [-0.4, -0.2) is 48.1 Å². The molecule has 2 aromatic carbocycles. The molecule has 0 saturated carbocycles. The number of ether oxygens (including phenoxy) is 1. The van der Waals surface area contributed by atoms with Crippen LogP contribution >= 0.6 is 11.6 Å². The first-order valence-electron chi connectivity index (χ1n) is 10.2. The van der Waals surface area contributed by atoms with Gasteiger partial charge in [0.2, 0.25) is 0 Å². The van der Waals surface area contributed by atoms with Gasteiger partial charge in [-0.05, 0) is 74.8 Å². The van der Waals surface area contributed by atoms with Crippen molar-refractivity contribution in [1.29, 1.82) is 0 Å². The van der Waals surface area contributed by atoms with Gasteiger partial charge in [0.25, 0.3) is 0 Å². The first kappa shape index (κ1) is 20.2. The minimum Gasteiger partial charge on any atom is -0.508 e. The highest BCUT2D eigenvalue weighted by Crippen LogP contribution is 2.38. The molecule has 5 nitrogen and oxygen atoms in total.